The van der Waals surface area contributed by atoms with E-state index < -0.39 is 0 Å². The Hall–Kier alpha value is -3.13. The summed E-state index contributed by atoms with van der Waals surface area (Å²) in [5, 5.41) is 2.83. The molecule has 0 bridgehead atoms. The molecule has 2 aromatic heterocycles. The Morgan fingerprint density at radius 2 is 1.68 bits per heavy atom. The van der Waals surface area contributed by atoms with Crippen LogP contribution in [-0.4, -0.2) is 29.1 Å². The Bertz CT molecular complexity index is 1010. The minimum absolute atomic E-state index is 0.132. The number of pyridine rings is 2. The fraction of sp³-hybridized carbons (Fsp3) is 0.261. The zero-order chi connectivity index (χ0) is 22.1. The van der Waals surface area contributed by atoms with Crippen molar-refractivity contribution < 1.29 is 19.0 Å². The standard InChI is InChI=1S/C23H24BrN3O4/c1-3-29-20-12-17(18(24)14-21(20)30-4-2)13-22(28)27-23-19(6-5-9-26-23)31-15-16-7-10-25-11-8-16/h5-12,14H,3-4,13,15H2,1-2H3,(H,26,27,28). The maximum absolute atomic E-state index is 12.7. The normalized spacial score (nSPS) is 10.4. The molecule has 0 aliphatic heterocycles. The van der Waals surface area contributed by atoms with Crippen LogP contribution < -0.4 is 19.5 Å². The van der Waals surface area contributed by atoms with Crippen molar-refractivity contribution in [3.8, 4) is 17.2 Å². The molecule has 0 saturated carbocycles. The third-order valence-electron chi connectivity index (χ3n) is 4.24. The van der Waals surface area contributed by atoms with Gasteiger partial charge in [0.15, 0.2) is 23.1 Å². The van der Waals surface area contributed by atoms with Gasteiger partial charge >= 0.3 is 0 Å². The van der Waals surface area contributed by atoms with Crippen LogP contribution in [0.25, 0.3) is 0 Å². The number of nitrogens with one attached hydrogen (secondary N) is 1. The monoisotopic (exact) mass is 485 g/mol. The predicted octanol–water partition coefficient (Wildman–Crippen LogP) is 4.80. The van der Waals surface area contributed by atoms with Crippen molar-refractivity contribution in [3.63, 3.8) is 0 Å². The molecule has 0 aliphatic rings. The van der Waals surface area contributed by atoms with E-state index in [2.05, 4.69) is 31.2 Å². The van der Waals surface area contributed by atoms with Crippen molar-refractivity contribution in [2.75, 3.05) is 18.5 Å². The zero-order valence-corrected chi connectivity index (χ0v) is 19.0. The minimum Gasteiger partial charge on any atom is -0.490 e. The maximum Gasteiger partial charge on any atom is 0.230 e. The molecule has 1 aromatic carbocycles. The second-order valence-electron chi connectivity index (χ2n) is 6.48. The molecule has 2 heterocycles. The van der Waals surface area contributed by atoms with Crippen LogP contribution in [-0.2, 0) is 17.8 Å². The van der Waals surface area contributed by atoms with E-state index in [9.17, 15) is 4.79 Å². The highest BCUT2D eigenvalue weighted by Crippen LogP contribution is 2.34. The molecule has 0 spiro atoms. The molecule has 3 aromatic rings. The molecule has 1 amide bonds. The van der Waals surface area contributed by atoms with Crippen molar-refractivity contribution in [1.82, 2.24) is 9.97 Å². The molecular formula is C23H24BrN3O4. The van der Waals surface area contributed by atoms with Crippen LogP contribution in [0.2, 0.25) is 0 Å². The molecule has 0 radical (unpaired) electrons. The van der Waals surface area contributed by atoms with Gasteiger partial charge in [0.1, 0.15) is 6.61 Å². The number of aromatic nitrogens is 2. The molecule has 0 fully saturated rings. The number of halogens is 1. The van der Waals surface area contributed by atoms with Gasteiger partial charge in [-0.15, -0.1) is 0 Å². The number of nitrogens with zero attached hydrogens (tertiary/aromatic N) is 2. The highest BCUT2D eigenvalue weighted by Gasteiger charge is 2.15. The summed E-state index contributed by atoms with van der Waals surface area (Å²) in [4.78, 5) is 21.0. The third-order valence-corrected chi connectivity index (χ3v) is 4.97. The van der Waals surface area contributed by atoms with E-state index in [1.807, 2.05) is 38.1 Å². The maximum atomic E-state index is 12.7. The Kier molecular flexibility index (Phi) is 8.23. The fourth-order valence-corrected chi connectivity index (χ4v) is 3.30. The largest absolute Gasteiger partial charge is 0.490 e. The van der Waals surface area contributed by atoms with Crippen molar-refractivity contribution in [3.05, 3.63) is 70.6 Å². The number of carbonyl (C=O) groups is 1. The summed E-state index contributed by atoms with van der Waals surface area (Å²) in [5.74, 6) is 1.88. The van der Waals surface area contributed by atoms with Gasteiger partial charge in [0.2, 0.25) is 5.91 Å². The average molecular weight is 486 g/mol. The SMILES string of the molecule is CCOc1cc(Br)c(CC(=O)Nc2ncccc2OCc2ccncc2)cc1OCC. The van der Waals surface area contributed by atoms with Crippen LogP contribution in [0.3, 0.4) is 0 Å². The molecule has 31 heavy (non-hydrogen) atoms. The van der Waals surface area contributed by atoms with E-state index in [1.165, 1.54) is 0 Å². The van der Waals surface area contributed by atoms with Gasteiger partial charge in [-0.25, -0.2) is 4.98 Å². The summed E-state index contributed by atoms with van der Waals surface area (Å²) in [5.41, 5.74) is 1.75. The quantitative estimate of drug-likeness (QED) is 0.444. The van der Waals surface area contributed by atoms with Gasteiger partial charge in [-0.05, 0) is 61.4 Å². The molecule has 0 saturated heterocycles. The Balaban J connectivity index is 1.70. The molecule has 7 nitrogen and oxygen atoms in total. The topological polar surface area (TPSA) is 82.6 Å². The van der Waals surface area contributed by atoms with E-state index >= 15 is 0 Å². The summed E-state index contributed by atoms with van der Waals surface area (Å²) in [6.45, 7) is 5.18. The zero-order valence-electron chi connectivity index (χ0n) is 17.4. The molecular weight excluding hydrogens is 462 g/mol. The second kappa shape index (κ2) is 11.3. The summed E-state index contributed by atoms with van der Waals surface area (Å²) in [6.07, 6.45) is 5.15. The number of hydrogen-bond donors (Lipinski definition) is 1. The van der Waals surface area contributed by atoms with E-state index in [0.717, 1.165) is 15.6 Å². The Morgan fingerprint density at radius 1 is 0.968 bits per heavy atom. The third kappa shape index (κ3) is 6.42. The first-order chi connectivity index (χ1) is 15.1. The van der Waals surface area contributed by atoms with Gasteiger partial charge in [0.05, 0.1) is 19.6 Å². The number of anilines is 1. The molecule has 0 unspecified atom stereocenters. The van der Waals surface area contributed by atoms with Crippen molar-refractivity contribution in [2.45, 2.75) is 26.9 Å². The van der Waals surface area contributed by atoms with Crippen molar-refractivity contribution >= 4 is 27.7 Å². The van der Waals surface area contributed by atoms with Gasteiger partial charge in [-0.1, -0.05) is 15.9 Å². The molecule has 3 rings (SSSR count). The molecule has 0 aliphatic carbocycles. The lowest BCUT2D eigenvalue weighted by Gasteiger charge is -2.15. The second-order valence-corrected chi connectivity index (χ2v) is 7.33. The number of ether oxygens (including phenoxy) is 3. The van der Waals surface area contributed by atoms with Gasteiger partial charge < -0.3 is 19.5 Å². The highest BCUT2D eigenvalue weighted by molar-refractivity contribution is 9.10. The van der Waals surface area contributed by atoms with Crippen LogP contribution in [0.15, 0.2) is 59.5 Å². The lowest BCUT2D eigenvalue weighted by Crippen LogP contribution is -2.16. The van der Waals surface area contributed by atoms with Gasteiger partial charge in [-0.2, -0.15) is 0 Å². The van der Waals surface area contributed by atoms with Crippen molar-refractivity contribution in [1.29, 1.82) is 0 Å². The average Bonchev–Trinajstić information content (AvgIpc) is 2.77. The first kappa shape index (κ1) is 22.6. The predicted molar refractivity (Wildman–Crippen MR) is 122 cm³/mol. The smallest absolute Gasteiger partial charge is 0.230 e. The van der Waals surface area contributed by atoms with Crippen LogP contribution in [0.5, 0.6) is 17.2 Å². The first-order valence-electron chi connectivity index (χ1n) is 9.95. The van der Waals surface area contributed by atoms with E-state index in [4.69, 9.17) is 14.2 Å². The summed E-state index contributed by atoms with van der Waals surface area (Å²) in [7, 11) is 0. The van der Waals surface area contributed by atoms with Crippen LogP contribution >= 0.6 is 15.9 Å². The van der Waals surface area contributed by atoms with Gasteiger partial charge in [-0.3, -0.25) is 9.78 Å². The van der Waals surface area contributed by atoms with E-state index in [1.54, 1.807) is 30.7 Å². The lowest BCUT2D eigenvalue weighted by molar-refractivity contribution is -0.115. The molecule has 8 heteroatoms. The minimum atomic E-state index is -0.222. The summed E-state index contributed by atoms with van der Waals surface area (Å²) >= 11 is 3.52. The van der Waals surface area contributed by atoms with Crippen LogP contribution in [0.1, 0.15) is 25.0 Å². The number of carbonyl (C=O) groups excluding carboxylic acids is 1. The summed E-state index contributed by atoms with van der Waals surface area (Å²) in [6, 6.07) is 10.9. The Morgan fingerprint density at radius 3 is 2.39 bits per heavy atom. The number of amides is 1. The van der Waals surface area contributed by atoms with Gasteiger partial charge in [0, 0.05) is 23.1 Å². The van der Waals surface area contributed by atoms with Crippen molar-refractivity contribution in [2.24, 2.45) is 0 Å². The van der Waals surface area contributed by atoms with Crippen LogP contribution in [0, 0.1) is 0 Å². The molecule has 0 atom stereocenters. The number of hydrogen-bond acceptors (Lipinski definition) is 6. The first-order valence-corrected chi connectivity index (χ1v) is 10.7. The molecule has 1 N–H and O–H groups in total. The summed E-state index contributed by atoms with van der Waals surface area (Å²) < 4.78 is 17.9. The number of benzene rings is 1. The lowest BCUT2D eigenvalue weighted by atomic mass is 10.1. The van der Waals surface area contributed by atoms with Gasteiger partial charge in [0.25, 0.3) is 0 Å². The fourth-order valence-electron chi connectivity index (χ4n) is 2.84. The molecule has 162 valence electrons. The Labute approximate surface area is 189 Å². The number of rotatable bonds is 10. The highest BCUT2D eigenvalue weighted by atomic mass is 79.9. The van der Waals surface area contributed by atoms with E-state index in [0.29, 0.717) is 42.9 Å². The van der Waals surface area contributed by atoms with E-state index in [-0.39, 0.29) is 12.3 Å². The van der Waals surface area contributed by atoms with Crippen LogP contribution in [0.4, 0.5) is 5.82 Å².